The maximum absolute atomic E-state index is 12.3. The summed E-state index contributed by atoms with van der Waals surface area (Å²) in [7, 11) is -3.85. The average Bonchev–Trinajstić information content (AvgIpc) is 3.52. The highest BCUT2D eigenvalue weighted by molar-refractivity contribution is 7.92. The van der Waals surface area contributed by atoms with Crippen molar-refractivity contribution < 1.29 is 42.5 Å². The number of allylic oxidation sites excluding steroid dienone is 2. The van der Waals surface area contributed by atoms with Crippen LogP contribution in [-0.2, 0) is 40.3 Å². The smallest absolute Gasteiger partial charge is 0.305 e. The lowest BCUT2D eigenvalue weighted by molar-refractivity contribution is -0.148. The molecule has 0 bridgehead atoms. The molecule has 1 fully saturated rings. The van der Waals surface area contributed by atoms with Crippen LogP contribution in [0.5, 0.6) is 0 Å². The summed E-state index contributed by atoms with van der Waals surface area (Å²) in [5, 5.41) is 21.1. The minimum atomic E-state index is -3.85. The van der Waals surface area contributed by atoms with E-state index in [9.17, 15) is 33.0 Å². The summed E-state index contributed by atoms with van der Waals surface area (Å²) in [6, 6.07) is 3.03. The summed E-state index contributed by atoms with van der Waals surface area (Å²) >= 11 is 1.01. The number of ether oxygens (including phenoxy) is 2. The Morgan fingerprint density at radius 3 is 2.57 bits per heavy atom. The van der Waals surface area contributed by atoms with E-state index >= 15 is 0 Å². The molecule has 10 nitrogen and oxygen atoms in total. The van der Waals surface area contributed by atoms with E-state index in [1.165, 1.54) is 26.1 Å². The number of aliphatic hydroxyl groups excluding tert-OH is 2. The van der Waals surface area contributed by atoms with E-state index in [0.717, 1.165) is 37.0 Å². The van der Waals surface area contributed by atoms with Gasteiger partial charge in [0.25, 0.3) is 10.0 Å². The molecule has 248 valence electrons. The third-order valence-corrected chi connectivity index (χ3v) is 10.5. The van der Waals surface area contributed by atoms with Crippen molar-refractivity contribution in [1.29, 1.82) is 0 Å². The number of ketones is 1. The van der Waals surface area contributed by atoms with Gasteiger partial charge < -0.3 is 19.7 Å². The first kappa shape index (κ1) is 37.8. The summed E-state index contributed by atoms with van der Waals surface area (Å²) in [5.74, 6) is -0.900. The number of unbranched alkanes of at least 4 members (excludes halogenated alkanes) is 3. The number of hydrogen-bond acceptors (Lipinski definition) is 10. The maximum atomic E-state index is 12.3. The van der Waals surface area contributed by atoms with Crippen LogP contribution in [0.15, 0.2) is 32.9 Å². The number of aliphatic hydroxyl groups is 2. The number of sulfonamides is 1. The minimum absolute atomic E-state index is 0.0178. The largest absolute Gasteiger partial charge is 0.465 e. The molecule has 12 heteroatoms. The summed E-state index contributed by atoms with van der Waals surface area (Å²) in [6.07, 6.45) is 11.9. The number of carbonyl (C=O) groups excluding carboxylic acids is 3. The summed E-state index contributed by atoms with van der Waals surface area (Å²) in [6.45, 7) is 4.96. The van der Waals surface area contributed by atoms with Gasteiger partial charge in [0, 0.05) is 49.6 Å². The number of Topliss-reactive ketones (excluding diaryl/α,β-unsaturated/α-hetero) is 1. The molecular formula is C32H49NO9S2. The number of nitrogens with zero attached hydrogens (tertiary/aromatic N) is 1. The Morgan fingerprint density at radius 2 is 1.86 bits per heavy atom. The Kier molecular flexibility index (Phi) is 17.1. The molecule has 0 amide bonds. The zero-order chi connectivity index (χ0) is 32.5. The second-order valence-electron chi connectivity index (χ2n) is 11.5. The van der Waals surface area contributed by atoms with E-state index in [1.807, 2.05) is 12.2 Å². The molecule has 0 aliphatic heterocycles. The van der Waals surface area contributed by atoms with Gasteiger partial charge in [-0.25, -0.2) is 0 Å². The number of esters is 2. The Balaban J connectivity index is 1.71. The van der Waals surface area contributed by atoms with Crippen molar-refractivity contribution in [2.75, 3.05) is 6.61 Å². The number of thiophene rings is 1. The average molecular weight is 656 g/mol. The molecule has 1 aliphatic carbocycles. The zero-order valence-electron chi connectivity index (χ0n) is 26.2. The topological polar surface area (TPSA) is 157 Å². The first-order valence-electron chi connectivity index (χ1n) is 15.6. The molecule has 44 heavy (non-hydrogen) atoms. The van der Waals surface area contributed by atoms with Gasteiger partial charge in [0.1, 0.15) is 16.1 Å². The lowest BCUT2D eigenvalue weighted by Crippen LogP contribution is -2.26. The summed E-state index contributed by atoms with van der Waals surface area (Å²) in [4.78, 5) is 35.6. The zero-order valence-corrected chi connectivity index (χ0v) is 27.8. The minimum Gasteiger partial charge on any atom is -0.465 e. The van der Waals surface area contributed by atoms with Crippen LogP contribution < -0.4 is 0 Å². The molecule has 5 atom stereocenters. The molecule has 1 aromatic rings. The Bertz CT molecular complexity index is 1210. The SMILES string of the molecule is CCCCC[C@H](O)CC[C@@H]1[C@@H](C/C=C\CCCC(=O)OCCC=NS(=O)(=O)c2ccc(CC(C)=O)s2)[C@@H](OC(C)=O)C[C@H]1O. The first-order chi connectivity index (χ1) is 20.9. The third-order valence-electron chi connectivity index (χ3n) is 7.65. The monoisotopic (exact) mass is 655 g/mol. The summed E-state index contributed by atoms with van der Waals surface area (Å²) < 4.78 is 39.0. The molecule has 0 saturated heterocycles. The molecule has 2 rings (SSSR count). The lowest BCUT2D eigenvalue weighted by Gasteiger charge is -2.25. The number of carbonyl (C=O) groups is 3. The van der Waals surface area contributed by atoms with Crippen LogP contribution in [0.4, 0.5) is 0 Å². The molecule has 1 saturated carbocycles. The molecule has 1 heterocycles. The second-order valence-corrected chi connectivity index (χ2v) is 14.5. The van der Waals surface area contributed by atoms with Gasteiger partial charge in [0.05, 0.1) is 18.8 Å². The second kappa shape index (κ2) is 19.9. The maximum Gasteiger partial charge on any atom is 0.305 e. The van der Waals surface area contributed by atoms with Crippen LogP contribution in [0.3, 0.4) is 0 Å². The van der Waals surface area contributed by atoms with E-state index in [0.29, 0.717) is 43.4 Å². The van der Waals surface area contributed by atoms with Crippen LogP contribution in [0.2, 0.25) is 0 Å². The van der Waals surface area contributed by atoms with Crippen LogP contribution in [0.1, 0.15) is 103 Å². The number of hydrogen-bond donors (Lipinski definition) is 2. The van der Waals surface area contributed by atoms with Gasteiger partial charge in [0.2, 0.25) is 0 Å². The van der Waals surface area contributed by atoms with Crippen LogP contribution in [0, 0.1) is 11.8 Å². The highest BCUT2D eigenvalue weighted by Crippen LogP contribution is 2.40. The standard InChI is InChI=1S/C32H49NO9S2/c1-4-5-8-12-25(36)15-17-27-28(30(22-29(27)37)42-24(3)35)13-9-6-7-10-14-31(38)41-20-11-19-33-44(39,40)32-18-16-26(43-32)21-23(2)34/h6,9,16,18-19,25,27-30,36-37H,4-5,7-8,10-15,17,20-22H2,1-3H3/b9-6-,33-19?/t25-,27+,28+,29+,30-/m0/s1. The number of rotatable bonds is 21. The van der Waals surface area contributed by atoms with Gasteiger partial charge >= 0.3 is 11.9 Å². The lowest BCUT2D eigenvalue weighted by atomic mass is 9.85. The van der Waals surface area contributed by atoms with Crippen molar-refractivity contribution in [2.24, 2.45) is 16.2 Å². The van der Waals surface area contributed by atoms with E-state index in [1.54, 1.807) is 6.07 Å². The van der Waals surface area contributed by atoms with E-state index < -0.39 is 22.2 Å². The van der Waals surface area contributed by atoms with Crippen molar-refractivity contribution >= 4 is 45.3 Å². The predicted octanol–water partition coefficient (Wildman–Crippen LogP) is 5.34. The van der Waals surface area contributed by atoms with E-state index in [2.05, 4.69) is 11.3 Å². The molecular weight excluding hydrogens is 606 g/mol. The fraction of sp³-hybridized carbons (Fsp3) is 0.688. The van der Waals surface area contributed by atoms with Crippen LogP contribution >= 0.6 is 11.3 Å². The van der Waals surface area contributed by atoms with Crippen LogP contribution in [-0.4, -0.2) is 67.5 Å². The molecule has 1 aliphatic rings. The third kappa shape index (κ3) is 14.1. The quantitative estimate of drug-likeness (QED) is 0.0772. The van der Waals surface area contributed by atoms with Gasteiger partial charge in [-0.15, -0.1) is 11.3 Å². The molecule has 1 aromatic heterocycles. The highest BCUT2D eigenvalue weighted by atomic mass is 32.2. The predicted molar refractivity (Wildman–Crippen MR) is 170 cm³/mol. The fourth-order valence-electron chi connectivity index (χ4n) is 5.46. The fourth-order valence-corrected chi connectivity index (χ4v) is 7.79. The molecule has 2 N–H and O–H groups in total. The van der Waals surface area contributed by atoms with Crippen molar-refractivity contribution in [3.05, 3.63) is 29.2 Å². The molecule has 0 spiro atoms. The van der Waals surface area contributed by atoms with E-state index in [-0.39, 0.29) is 65.7 Å². The van der Waals surface area contributed by atoms with Gasteiger partial charge in [-0.1, -0.05) is 38.3 Å². The van der Waals surface area contributed by atoms with Crippen molar-refractivity contribution in [1.82, 2.24) is 0 Å². The van der Waals surface area contributed by atoms with Crippen molar-refractivity contribution in [3.8, 4) is 0 Å². The van der Waals surface area contributed by atoms with E-state index in [4.69, 9.17) is 9.47 Å². The van der Waals surface area contributed by atoms with Crippen molar-refractivity contribution in [3.63, 3.8) is 0 Å². The molecule has 0 radical (unpaired) electrons. The highest BCUT2D eigenvalue weighted by Gasteiger charge is 2.43. The summed E-state index contributed by atoms with van der Waals surface area (Å²) in [5.41, 5.74) is 0. The molecule has 0 aromatic carbocycles. The van der Waals surface area contributed by atoms with Crippen molar-refractivity contribution in [2.45, 2.75) is 127 Å². The first-order valence-corrected chi connectivity index (χ1v) is 17.9. The van der Waals surface area contributed by atoms with Gasteiger partial charge in [-0.2, -0.15) is 12.8 Å². The van der Waals surface area contributed by atoms with Gasteiger partial charge in [-0.3, -0.25) is 14.4 Å². The molecule has 0 unspecified atom stereocenters. The Hall–Kier alpha value is -2.41. The van der Waals surface area contributed by atoms with Gasteiger partial charge in [-0.05, 0) is 63.5 Å². The normalized spacial score (nSPS) is 21.2. The van der Waals surface area contributed by atoms with Gasteiger partial charge in [0.15, 0.2) is 0 Å². The van der Waals surface area contributed by atoms with Crippen LogP contribution in [0.25, 0.3) is 0 Å². The Labute approximate surface area is 266 Å². The Morgan fingerprint density at radius 1 is 1.09 bits per heavy atom.